The average Bonchev–Trinajstić information content (AvgIpc) is 2.26. The van der Waals surface area contributed by atoms with Crippen LogP contribution in [-0.2, 0) is 6.42 Å². The van der Waals surface area contributed by atoms with Gasteiger partial charge in [0, 0.05) is 12.0 Å². The van der Waals surface area contributed by atoms with Crippen molar-refractivity contribution in [3.8, 4) is 0 Å². The van der Waals surface area contributed by atoms with Crippen LogP contribution < -0.4 is 11.5 Å². The second kappa shape index (κ2) is 4.50. The first kappa shape index (κ1) is 11.5. The number of anilines is 2. The van der Waals surface area contributed by atoms with Crippen molar-refractivity contribution in [1.29, 1.82) is 0 Å². The zero-order valence-corrected chi connectivity index (χ0v) is 9.72. The highest BCUT2D eigenvalue weighted by atomic mass is 32.1. The van der Waals surface area contributed by atoms with Gasteiger partial charge in [-0.25, -0.2) is 9.37 Å². The smallest absolute Gasteiger partial charge is 0.200 e. The van der Waals surface area contributed by atoms with Gasteiger partial charge < -0.3 is 16.5 Å². The lowest BCUT2D eigenvalue weighted by atomic mass is 10.1. The largest absolute Gasteiger partial charge is 0.385 e. The number of hydrogen-bond acceptors (Lipinski definition) is 4. The minimum atomic E-state index is -0.278. The molecular formula is C11H11FN4S. The summed E-state index contributed by atoms with van der Waals surface area (Å²) in [5, 5.41) is 0. The minimum absolute atomic E-state index is 0.253. The van der Waals surface area contributed by atoms with Crippen molar-refractivity contribution < 1.29 is 4.39 Å². The monoisotopic (exact) mass is 250 g/mol. The number of aromatic nitrogens is 2. The molecule has 0 aliphatic carbocycles. The summed E-state index contributed by atoms with van der Waals surface area (Å²) in [4.78, 5) is 6.67. The van der Waals surface area contributed by atoms with Crippen LogP contribution in [0.3, 0.4) is 0 Å². The number of H-pyrrole nitrogens is 1. The van der Waals surface area contributed by atoms with Crippen LogP contribution >= 0.6 is 12.2 Å². The van der Waals surface area contributed by atoms with Gasteiger partial charge in [-0.15, -0.1) is 0 Å². The van der Waals surface area contributed by atoms with Crippen molar-refractivity contribution in [2.24, 2.45) is 0 Å². The zero-order chi connectivity index (χ0) is 12.4. The van der Waals surface area contributed by atoms with Gasteiger partial charge in [0.05, 0.1) is 0 Å². The maximum absolute atomic E-state index is 12.8. The van der Waals surface area contributed by atoms with E-state index in [9.17, 15) is 4.39 Å². The van der Waals surface area contributed by atoms with E-state index < -0.39 is 0 Å². The van der Waals surface area contributed by atoms with Crippen LogP contribution in [0.25, 0.3) is 0 Å². The first-order chi connectivity index (χ1) is 8.06. The Morgan fingerprint density at radius 3 is 2.47 bits per heavy atom. The normalized spacial score (nSPS) is 10.4. The van der Waals surface area contributed by atoms with Gasteiger partial charge in [-0.05, 0) is 29.9 Å². The predicted octanol–water partition coefficient (Wildman–Crippen LogP) is 2.03. The predicted molar refractivity (Wildman–Crippen MR) is 67.5 cm³/mol. The number of benzene rings is 1. The van der Waals surface area contributed by atoms with Gasteiger partial charge in [0.1, 0.15) is 17.5 Å². The van der Waals surface area contributed by atoms with Gasteiger partial charge in [0.25, 0.3) is 0 Å². The Balaban J connectivity index is 2.36. The van der Waals surface area contributed by atoms with Crippen LogP contribution in [0.1, 0.15) is 11.1 Å². The molecule has 0 saturated heterocycles. The van der Waals surface area contributed by atoms with E-state index in [0.717, 1.165) is 5.56 Å². The Morgan fingerprint density at radius 2 is 1.88 bits per heavy atom. The summed E-state index contributed by atoms with van der Waals surface area (Å²) in [7, 11) is 0. The fraction of sp³-hybridized carbons (Fsp3) is 0.0909. The van der Waals surface area contributed by atoms with E-state index in [-0.39, 0.29) is 10.6 Å². The maximum Gasteiger partial charge on any atom is 0.200 e. The lowest BCUT2D eigenvalue weighted by Crippen LogP contribution is -2.06. The molecule has 1 aromatic heterocycles. The van der Waals surface area contributed by atoms with Crippen LogP contribution in [0.15, 0.2) is 24.3 Å². The van der Waals surface area contributed by atoms with Gasteiger partial charge in [-0.3, -0.25) is 0 Å². The van der Waals surface area contributed by atoms with Crippen LogP contribution in [0.5, 0.6) is 0 Å². The third kappa shape index (κ3) is 2.59. The molecule has 0 saturated carbocycles. The molecule has 2 rings (SSSR count). The fourth-order valence-corrected chi connectivity index (χ4v) is 1.73. The molecule has 0 bridgehead atoms. The van der Waals surface area contributed by atoms with Gasteiger partial charge >= 0.3 is 0 Å². The first-order valence-electron chi connectivity index (χ1n) is 4.95. The van der Waals surface area contributed by atoms with Crippen LogP contribution in [0, 0.1) is 10.6 Å². The van der Waals surface area contributed by atoms with E-state index in [1.807, 2.05) is 0 Å². The summed E-state index contributed by atoms with van der Waals surface area (Å²) < 4.78 is 13.0. The summed E-state index contributed by atoms with van der Waals surface area (Å²) in [6, 6.07) is 6.13. The molecule has 0 fully saturated rings. The average molecular weight is 250 g/mol. The van der Waals surface area contributed by atoms with E-state index in [0.29, 0.717) is 23.6 Å². The lowest BCUT2D eigenvalue weighted by molar-refractivity contribution is 0.627. The molecule has 1 heterocycles. The summed E-state index contributed by atoms with van der Waals surface area (Å²) in [5.41, 5.74) is 13.1. The van der Waals surface area contributed by atoms with E-state index in [2.05, 4.69) is 9.97 Å². The Hall–Kier alpha value is -1.95. The van der Waals surface area contributed by atoms with Crippen molar-refractivity contribution in [3.63, 3.8) is 0 Å². The Bertz CT molecular complexity index is 565. The van der Waals surface area contributed by atoms with Gasteiger partial charge in [-0.2, -0.15) is 0 Å². The van der Waals surface area contributed by atoms with E-state index in [4.69, 9.17) is 23.7 Å². The second-order valence-electron chi connectivity index (χ2n) is 3.62. The Kier molecular flexibility index (Phi) is 3.06. The number of aromatic amines is 1. The Morgan fingerprint density at radius 1 is 1.24 bits per heavy atom. The molecule has 1 aromatic carbocycles. The van der Waals surface area contributed by atoms with Crippen molar-refractivity contribution in [2.45, 2.75) is 6.42 Å². The highest BCUT2D eigenvalue weighted by molar-refractivity contribution is 7.71. The lowest BCUT2D eigenvalue weighted by Gasteiger charge is -2.08. The number of nitrogens with two attached hydrogens (primary N) is 2. The molecule has 4 nitrogen and oxygen atoms in total. The second-order valence-corrected chi connectivity index (χ2v) is 4.01. The van der Waals surface area contributed by atoms with Crippen molar-refractivity contribution in [3.05, 3.63) is 46.0 Å². The van der Waals surface area contributed by atoms with Crippen LogP contribution in [0.4, 0.5) is 16.0 Å². The minimum Gasteiger partial charge on any atom is -0.385 e. The van der Waals surface area contributed by atoms with Crippen molar-refractivity contribution >= 4 is 23.9 Å². The first-order valence-corrected chi connectivity index (χ1v) is 5.35. The quantitative estimate of drug-likeness (QED) is 0.712. The standard InChI is InChI=1S/C11H11FN4S/c12-7-3-1-6(2-4-7)5-8-9(13)15-11(17)16-10(8)14/h1-4H,5H2,(H5,13,14,15,16,17). The third-order valence-corrected chi connectivity index (χ3v) is 2.59. The number of hydrogen-bond donors (Lipinski definition) is 3. The van der Waals surface area contributed by atoms with Crippen molar-refractivity contribution in [1.82, 2.24) is 9.97 Å². The number of halogens is 1. The Labute approximate surface area is 102 Å². The van der Waals surface area contributed by atoms with Crippen LogP contribution in [-0.4, -0.2) is 9.97 Å². The number of rotatable bonds is 2. The topological polar surface area (TPSA) is 80.7 Å². The molecular weight excluding hydrogens is 239 g/mol. The summed E-state index contributed by atoms with van der Waals surface area (Å²) in [6.07, 6.45) is 0.483. The summed E-state index contributed by atoms with van der Waals surface area (Å²) >= 11 is 4.85. The van der Waals surface area contributed by atoms with Crippen LogP contribution in [0.2, 0.25) is 0 Å². The maximum atomic E-state index is 12.8. The summed E-state index contributed by atoms with van der Waals surface area (Å²) in [5.74, 6) is 0.419. The molecule has 0 unspecified atom stereocenters. The molecule has 2 aromatic rings. The highest BCUT2D eigenvalue weighted by Crippen LogP contribution is 2.19. The van der Waals surface area contributed by atoms with E-state index in [1.165, 1.54) is 12.1 Å². The zero-order valence-electron chi connectivity index (χ0n) is 8.90. The number of nitrogens with one attached hydrogen (secondary N) is 1. The molecule has 0 aliphatic rings. The number of nitrogen functional groups attached to an aromatic ring is 2. The molecule has 0 aliphatic heterocycles. The molecule has 0 radical (unpaired) electrons. The van der Waals surface area contributed by atoms with E-state index >= 15 is 0 Å². The van der Waals surface area contributed by atoms with Gasteiger partial charge in [-0.1, -0.05) is 12.1 Å². The SMILES string of the molecule is Nc1nc(=S)[nH]c(N)c1Cc1ccc(F)cc1. The summed E-state index contributed by atoms with van der Waals surface area (Å²) in [6.45, 7) is 0. The molecule has 88 valence electrons. The third-order valence-electron chi connectivity index (χ3n) is 2.39. The highest BCUT2D eigenvalue weighted by Gasteiger charge is 2.07. The van der Waals surface area contributed by atoms with Gasteiger partial charge in [0.2, 0.25) is 0 Å². The molecule has 0 amide bonds. The van der Waals surface area contributed by atoms with E-state index in [1.54, 1.807) is 12.1 Å². The van der Waals surface area contributed by atoms with Gasteiger partial charge in [0.15, 0.2) is 4.77 Å². The van der Waals surface area contributed by atoms with Crippen molar-refractivity contribution in [2.75, 3.05) is 11.5 Å². The molecule has 6 heteroatoms. The number of nitrogens with zero attached hydrogens (tertiary/aromatic N) is 1. The fourth-order valence-electron chi connectivity index (χ4n) is 1.53. The molecule has 5 N–H and O–H groups in total. The molecule has 0 spiro atoms. The molecule has 0 atom stereocenters. The molecule has 17 heavy (non-hydrogen) atoms.